The zero-order chi connectivity index (χ0) is 21.0. The number of aromatic nitrogens is 6. The highest BCUT2D eigenvalue weighted by molar-refractivity contribution is 7.99. The molecule has 3 heterocycles. The van der Waals surface area contributed by atoms with Crippen LogP contribution < -0.4 is 16.2 Å². The van der Waals surface area contributed by atoms with Gasteiger partial charge in [0.05, 0.1) is 18.1 Å². The van der Waals surface area contributed by atoms with Crippen LogP contribution in [0.4, 0.5) is 5.82 Å². The number of hydrogen-bond acceptors (Lipinski definition) is 8. The third-order valence-electron chi connectivity index (χ3n) is 3.98. The van der Waals surface area contributed by atoms with Gasteiger partial charge in [0.15, 0.2) is 10.8 Å². The fraction of sp³-hybridized carbons (Fsp3) is 0.444. The molecule has 3 aromatic heterocycles. The van der Waals surface area contributed by atoms with Crippen molar-refractivity contribution in [2.75, 3.05) is 17.6 Å². The first-order chi connectivity index (χ1) is 13.9. The fourth-order valence-corrected chi connectivity index (χ4v) is 3.23. The number of fused-ring (bicyclic) bond motifs is 1. The summed E-state index contributed by atoms with van der Waals surface area (Å²) in [6.07, 6.45) is 1.73. The predicted molar refractivity (Wildman–Crippen MR) is 112 cm³/mol. The van der Waals surface area contributed by atoms with Gasteiger partial charge in [-0.2, -0.15) is 10.2 Å². The molecule has 10 nitrogen and oxygen atoms in total. The van der Waals surface area contributed by atoms with Gasteiger partial charge in [-0.3, -0.25) is 9.59 Å². The first-order valence-electron chi connectivity index (χ1n) is 9.34. The number of nitrogens with one attached hydrogen (secondary N) is 2. The van der Waals surface area contributed by atoms with Gasteiger partial charge >= 0.3 is 0 Å². The Bertz CT molecular complexity index is 1080. The molecule has 0 aliphatic carbocycles. The lowest BCUT2D eigenvalue weighted by Gasteiger charge is -2.11. The average molecular weight is 417 g/mol. The van der Waals surface area contributed by atoms with E-state index in [4.69, 9.17) is 0 Å². The molecule has 0 radical (unpaired) electrons. The van der Waals surface area contributed by atoms with E-state index in [0.29, 0.717) is 23.9 Å². The Morgan fingerprint density at radius 1 is 1.28 bits per heavy atom. The number of aryl methyl sites for hydroxylation is 1. The number of thioether (sulfide) groups is 1. The minimum Gasteiger partial charge on any atom is -0.367 e. The Labute approximate surface area is 172 Å². The third kappa shape index (κ3) is 4.91. The number of anilines is 1. The summed E-state index contributed by atoms with van der Waals surface area (Å²) in [5, 5.41) is 16.0. The maximum atomic E-state index is 12.3. The van der Waals surface area contributed by atoms with Crippen LogP contribution in [0.2, 0.25) is 0 Å². The molecule has 0 fully saturated rings. The van der Waals surface area contributed by atoms with Crippen LogP contribution in [-0.2, 0) is 13.6 Å². The standard InChI is InChI=1S/C18H24N8O2S/c1-5-29-18-22-15(21-11(2)3)12-10-20-26(16(12)23-18)9-8-19-17(28)13-6-7-14(27)25(4)24-13/h6-7,10-11H,5,8-9H2,1-4H3,(H,19,28)(H,21,22,23). The number of amides is 1. The Morgan fingerprint density at radius 3 is 2.76 bits per heavy atom. The van der Waals surface area contributed by atoms with Gasteiger partial charge in [0.2, 0.25) is 0 Å². The smallest absolute Gasteiger partial charge is 0.271 e. The van der Waals surface area contributed by atoms with Crippen molar-refractivity contribution in [3.05, 3.63) is 34.4 Å². The maximum Gasteiger partial charge on any atom is 0.271 e. The lowest BCUT2D eigenvalue weighted by Crippen LogP contribution is -2.30. The van der Waals surface area contributed by atoms with Gasteiger partial charge in [-0.05, 0) is 25.7 Å². The summed E-state index contributed by atoms with van der Waals surface area (Å²) in [5.74, 6) is 1.27. The predicted octanol–water partition coefficient (Wildman–Crippen LogP) is 1.28. The van der Waals surface area contributed by atoms with Crippen molar-refractivity contribution < 1.29 is 4.79 Å². The molecule has 1 amide bonds. The molecule has 3 rings (SSSR count). The topological polar surface area (TPSA) is 120 Å². The molecule has 0 aromatic carbocycles. The fourth-order valence-electron chi connectivity index (χ4n) is 2.67. The van der Waals surface area contributed by atoms with Crippen LogP contribution in [0, 0.1) is 0 Å². The third-order valence-corrected chi connectivity index (χ3v) is 4.71. The van der Waals surface area contributed by atoms with E-state index < -0.39 is 0 Å². The monoisotopic (exact) mass is 416 g/mol. The van der Waals surface area contributed by atoms with Crippen molar-refractivity contribution in [3.8, 4) is 0 Å². The lowest BCUT2D eigenvalue weighted by atomic mass is 10.3. The number of carbonyl (C=O) groups excluding carboxylic acids is 1. The molecule has 11 heteroatoms. The summed E-state index contributed by atoms with van der Waals surface area (Å²) >= 11 is 1.56. The van der Waals surface area contributed by atoms with Crippen LogP contribution in [0.1, 0.15) is 31.3 Å². The molecular weight excluding hydrogens is 392 g/mol. The summed E-state index contributed by atoms with van der Waals surface area (Å²) in [5.41, 5.74) is 0.634. The molecule has 0 saturated heterocycles. The summed E-state index contributed by atoms with van der Waals surface area (Å²) < 4.78 is 2.87. The Hall–Kier alpha value is -2.95. The van der Waals surface area contributed by atoms with Crippen LogP contribution in [-0.4, -0.2) is 53.8 Å². The normalized spacial score (nSPS) is 11.2. The molecule has 29 heavy (non-hydrogen) atoms. The highest BCUT2D eigenvalue weighted by Gasteiger charge is 2.14. The zero-order valence-corrected chi connectivity index (χ0v) is 17.7. The Balaban J connectivity index is 1.75. The first-order valence-corrected chi connectivity index (χ1v) is 10.3. The second kappa shape index (κ2) is 9.03. The molecule has 3 aromatic rings. The molecular formula is C18H24N8O2S. The van der Waals surface area contributed by atoms with E-state index >= 15 is 0 Å². The van der Waals surface area contributed by atoms with Crippen molar-refractivity contribution in [3.63, 3.8) is 0 Å². The highest BCUT2D eigenvalue weighted by Crippen LogP contribution is 2.24. The second-order valence-electron chi connectivity index (χ2n) is 6.63. The van der Waals surface area contributed by atoms with Crippen LogP contribution in [0.3, 0.4) is 0 Å². The number of carbonyl (C=O) groups is 1. The van der Waals surface area contributed by atoms with Crippen LogP contribution in [0.5, 0.6) is 0 Å². The van der Waals surface area contributed by atoms with E-state index in [2.05, 4.69) is 30.8 Å². The van der Waals surface area contributed by atoms with Gasteiger partial charge in [0.25, 0.3) is 11.5 Å². The van der Waals surface area contributed by atoms with Gasteiger partial charge in [-0.25, -0.2) is 19.3 Å². The maximum absolute atomic E-state index is 12.3. The molecule has 2 N–H and O–H groups in total. The number of rotatable bonds is 8. The average Bonchev–Trinajstić information content (AvgIpc) is 3.07. The number of nitrogens with zero attached hydrogens (tertiary/aromatic N) is 6. The summed E-state index contributed by atoms with van der Waals surface area (Å²) in [6, 6.07) is 2.95. The Morgan fingerprint density at radius 2 is 2.07 bits per heavy atom. The van der Waals surface area contributed by atoms with Gasteiger partial charge in [0.1, 0.15) is 11.5 Å². The molecule has 0 bridgehead atoms. The van der Waals surface area contributed by atoms with E-state index in [1.807, 2.05) is 20.8 Å². The SMILES string of the molecule is CCSc1nc(NC(C)C)c2cnn(CCNC(=O)c3ccc(=O)n(C)n3)c2n1. The van der Waals surface area contributed by atoms with Crippen LogP contribution in [0.15, 0.2) is 28.3 Å². The molecule has 0 atom stereocenters. The zero-order valence-electron chi connectivity index (χ0n) is 16.8. The summed E-state index contributed by atoms with van der Waals surface area (Å²) in [6.45, 7) is 6.93. The van der Waals surface area contributed by atoms with E-state index in [1.165, 1.54) is 19.2 Å². The van der Waals surface area contributed by atoms with E-state index in [9.17, 15) is 9.59 Å². The van der Waals surface area contributed by atoms with E-state index in [1.54, 1.807) is 22.6 Å². The van der Waals surface area contributed by atoms with Crippen molar-refractivity contribution in [1.82, 2.24) is 34.8 Å². The van der Waals surface area contributed by atoms with Gasteiger partial charge in [-0.15, -0.1) is 0 Å². The van der Waals surface area contributed by atoms with Crippen LogP contribution in [0.25, 0.3) is 11.0 Å². The largest absolute Gasteiger partial charge is 0.367 e. The molecule has 0 aliphatic heterocycles. The minimum absolute atomic E-state index is 0.185. The van der Waals surface area contributed by atoms with Gasteiger partial charge in [-0.1, -0.05) is 18.7 Å². The minimum atomic E-state index is -0.351. The van der Waals surface area contributed by atoms with E-state index in [0.717, 1.165) is 21.6 Å². The first kappa shape index (κ1) is 20.8. The van der Waals surface area contributed by atoms with Gasteiger partial charge < -0.3 is 10.6 Å². The van der Waals surface area contributed by atoms with Crippen LogP contribution >= 0.6 is 11.8 Å². The molecule has 0 spiro atoms. The number of hydrogen-bond donors (Lipinski definition) is 2. The second-order valence-corrected chi connectivity index (χ2v) is 7.86. The van der Waals surface area contributed by atoms with Crippen molar-refractivity contribution in [2.24, 2.45) is 7.05 Å². The molecule has 154 valence electrons. The van der Waals surface area contributed by atoms with Crippen molar-refractivity contribution >= 4 is 34.5 Å². The van der Waals surface area contributed by atoms with Crippen molar-refractivity contribution in [2.45, 2.75) is 38.5 Å². The van der Waals surface area contributed by atoms with Crippen molar-refractivity contribution in [1.29, 1.82) is 0 Å². The molecule has 0 unspecified atom stereocenters. The quantitative estimate of drug-likeness (QED) is 0.416. The Kier molecular flexibility index (Phi) is 6.47. The molecule has 0 aliphatic rings. The summed E-state index contributed by atoms with van der Waals surface area (Å²) in [7, 11) is 1.50. The van der Waals surface area contributed by atoms with E-state index in [-0.39, 0.29) is 23.2 Å². The van der Waals surface area contributed by atoms with Gasteiger partial charge in [0, 0.05) is 25.7 Å². The lowest BCUT2D eigenvalue weighted by molar-refractivity contribution is 0.0944. The molecule has 0 saturated carbocycles. The highest BCUT2D eigenvalue weighted by atomic mass is 32.2. The summed E-state index contributed by atoms with van der Waals surface area (Å²) in [4.78, 5) is 32.9.